The zero-order valence-electron chi connectivity index (χ0n) is 12.0. The highest BCUT2D eigenvalue weighted by Gasteiger charge is 2.16. The quantitative estimate of drug-likeness (QED) is 0.855. The Bertz CT molecular complexity index is 444. The molecule has 1 fully saturated rings. The van der Waals surface area contributed by atoms with Gasteiger partial charge in [0.25, 0.3) is 0 Å². The van der Waals surface area contributed by atoms with Crippen molar-refractivity contribution in [3.05, 3.63) is 24.3 Å². The molecule has 5 nitrogen and oxygen atoms in total. The maximum absolute atomic E-state index is 12.0. The summed E-state index contributed by atoms with van der Waals surface area (Å²) in [6.07, 6.45) is 0.452. The summed E-state index contributed by atoms with van der Waals surface area (Å²) in [6.45, 7) is 5.67. The summed E-state index contributed by atoms with van der Waals surface area (Å²) in [5.41, 5.74) is 7.48. The highest BCUT2D eigenvalue weighted by atomic mass is 16.5. The van der Waals surface area contributed by atoms with E-state index in [0.29, 0.717) is 13.0 Å². The van der Waals surface area contributed by atoms with Gasteiger partial charge >= 0.3 is 0 Å². The lowest BCUT2D eigenvalue weighted by Gasteiger charge is -2.30. The van der Waals surface area contributed by atoms with Gasteiger partial charge in [0, 0.05) is 19.5 Å². The Balaban J connectivity index is 2.05. The van der Waals surface area contributed by atoms with Crippen LogP contribution in [0.5, 0.6) is 0 Å². The number of nitrogens with zero attached hydrogens (tertiary/aromatic N) is 1. The predicted octanol–water partition coefficient (Wildman–Crippen LogP) is 1.45. The van der Waals surface area contributed by atoms with Gasteiger partial charge in [0.05, 0.1) is 24.6 Å². The second-order valence-corrected chi connectivity index (χ2v) is 5.21. The molecule has 0 bridgehead atoms. The van der Waals surface area contributed by atoms with Crippen LogP contribution < -0.4 is 16.0 Å². The van der Waals surface area contributed by atoms with E-state index in [-0.39, 0.29) is 11.8 Å². The third-order valence-electron chi connectivity index (χ3n) is 3.47. The Morgan fingerprint density at radius 1 is 1.40 bits per heavy atom. The first-order valence-corrected chi connectivity index (χ1v) is 7.12. The highest BCUT2D eigenvalue weighted by Crippen LogP contribution is 2.26. The van der Waals surface area contributed by atoms with Crippen molar-refractivity contribution in [2.24, 2.45) is 11.7 Å². The van der Waals surface area contributed by atoms with Crippen LogP contribution in [0.3, 0.4) is 0 Å². The summed E-state index contributed by atoms with van der Waals surface area (Å²) in [7, 11) is 0. The van der Waals surface area contributed by atoms with E-state index in [1.165, 1.54) is 0 Å². The van der Waals surface area contributed by atoms with E-state index in [9.17, 15) is 4.79 Å². The summed E-state index contributed by atoms with van der Waals surface area (Å²) in [4.78, 5) is 14.2. The normalized spacial score (nSPS) is 16.8. The zero-order valence-corrected chi connectivity index (χ0v) is 12.0. The van der Waals surface area contributed by atoms with Gasteiger partial charge < -0.3 is 20.7 Å². The molecular formula is C15H23N3O2. The zero-order chi connectivity index (χ0) is 14.4. The van der Waals surface area contributed by atoms with E-state index in [1.807, 2.05) is 31.2 Å². The number of hydrogen-bond acceptors (Lipinski definition) is 4. The number of para-hydroxylation sites is 2. The average molecular weight is 277 g/mol. The van der Waals surface area contributed by atoms with Gasteiger partial charge in [0.2, 0.25) is 5.91 Å². The van der Waals surface area contributed by atoms with Gasteiger partial charge in [-0.1, -0.05) is 19.1 Å². The lowest BCUT2D eigenvalue weighted by atomic mass is 10.1. The molecule has 0 aromatic heterocycles. The van der Waals surface area contributed by atoms with Gasteiger partial charge in [-0.3, -0.25) is 4.79 Å². The van der Waals surface area contributed by atoms with Gasteiger partial charge in [0.15, 0.2) is 0 Å². The van der Waals surface area contributed by atoms with Crippen molar-refractivity contribution in [3.63, 3.8) is 0 Å². The SMILES string of the molecule is CC(CN)CC(=O)Nc1ccccc1N1CCOCC1. The van der Waals surface area contributed by atoms with Crippen molar-refractivity contribution in [1.82, 2.24) is 0 Å². The van der Waals surface area contributed by atoms with Gasteiger partial charge in [-0.05, 0) is 24.6 Å². The fourth-order valence-electron chi connectivity index (χ4n) is 2.26. The van der Waals surface area contributed by atoms with Crippen LogP contribution in [0.4, 0.5) is 11.4 Å². The number of nitrogens with two attached hydrogens (primary N) is 1. The number of anilines is 2. The van der Waals surface area contributed by atoms with Crippen LogP contribution in [0.25, 0.3) is 0 Å². The van der Waals surface area contributed by atoms with E-state index in [2.05, 4.69) is 10.2 Å². The number of ether oxygens (including phenoxy) is 1. The molecule has 5 heteroatoms. The highest BCUT2D eigenvalue weighted by molar-refractivity contribution is 5.94. The third kappa shape index (κ3) is 3.95. The topological polar surface area (TPSA) is 67.6 Å². The minimum atomic E-state index is 0.0173. The number of benzene rings is 1. The van der Waals surface area contributed by atoms with Crippen LogP contribution in [-0.4, -0.2) is 38.8 Å². The van der Waals surface area contributed by atoms with E-state index in [1.54, 1.807) is 0 Å². The summed E-state index contributed by atoms with van der Waals surface area (Å²) >= 11 is 0. The van der Waals surface area contributed by atoms with Gasteiger partial charge in [0.1, 0.15) is 0 Å². The molecule has 1 atom stereocenters. The Hall–Kier alpha value is -1.59. The van der Waals surface area contributed by atoms with Crippen LogP contribution in [0.2, 0.25) is 0 Å². The van der Waals surface area contributed by atoms with Gasteiger partial charge in [-0.25, -0.2) is 0 Å². The molecule has 1 aromatic carbocycles. The fourth-order valence-corrected chi connectivity index (χ4v) is 2.26. The largest absolute Gasteiger partial charge is 0.378 e. The molecule has 0 spiro atoms. The number of hydrogen-bond donors (Lipinski definition) is 2. The molecule has 0 saturated carbocycles. The summed E-state index contributed by atoms with van der Waals surface area (Å²) < 4.78 is 5.37. The lowest BCUT2D eigenvalue weighted by molar-refractivity contribution is -0.116. The molecule has 110 valence electrons. The van der Waals surface area contributed by atoms with Crippen LogP contribution in [0.15, 0.2) is 24.3 Å². The molecule has 1 amide bonds. The Morgan fingerprint density at radius 3 is 2.80 bits per heavy atom. The molecule has 20 heavy (non-hydrogen) atoms. The van der Waals surface area contributed by atoms with E-state index >= 15 is 0 Å². The smallest absolute Gasteiger partial charge is 0.224 e. The van der Waals surface area contributed by atoms with Crippen molar-refractivity contribution < 1.29 is 9.53 Å². The molecule has 3 N–H and O–H groups in total. The summed E-state index contributed by atoms with van der Waals surface area (Å²) in [6, 6.07) is 7.90. The fraction of sp³-hybridized carbons (Fsp3) is 0.533. The Labute approximate surface area is 120 Å². The number of nitrogens with one attached hydrogen (secondary N) is 1. The second-order valence-electron chi connectivity index (χ2n) is 5.21. The van der Waals surface area contributed by atoms with Crippen LogP contribution in [-0.2, 0) is 9.53 Å². The molecule has 1 aliphatic rings. The predicted molar refractivity (Wildman–Crippen MR) is 80.9 cm³/mol. The van der Waals surface area contributed by atoms with Gasteiger partial charge in [-0.15, -0.1) is 0 Å². The van der Waals surface area contributed by atoms with Gasteiger partial charge in [-0.2, -0.15) is 0 Å². The first-order chi connectivity index (χ1) is 9.70. The second kappa shape index (κ2) is 7.26. The van der Waals surface area contributed by atoms with Crippen molar-refractivity contribution >= 4 is 17.3 Å². The monoisotopic (exact) mass is 277 g/mol. The number of rotatable bonds is 5. The van der Waals surface area contributed by atoms with E-state index < -0.39 is 0 Å². The van der Waals surface area contributed by atoms with Crippen molar-refractivity contribution in [1.29, 1.82) is 0 Å². The number of carbonyl (C=O) groups is 1. The van der Waals surface area contributed by atoms with Crippen LogP contribution in [0.1, 0.15) is 13.3 Å². The summed E-state index contributed by atoms with van der Waals surface area (Å²) in [5, 5.41) is 3.00. The van der Waals surface area contributed by atoms with Crippen molar-refractivity contribution in [2.45, 2.75) is 13.3 Å². The van der Waals surface area contributed by atoms with Crippen LogP contribution >= 0.6 is 0 Å². The number of carbonyl (C=O) groups excluding carboxylic acids is 1. The van der Waals surface area contributed by atoms with E-state index in [0.717, 1.165) is 37.7 Å². The summed E-state index contributed by atoms with van der Waals surface area (Å²) in [5.74, 6) is 0.217. The maximum Gasteiger partial charge on any atom is 0.224 e. The molecule has 0 radical (unpaired) electrons. The first-order valence-electron chi connectivity index (χ1n) is 7.12. The maximum atomic E-state index is 12.0. The van der Waals surface area contributed by atoms with Crippen molar-refractivity contribution in [2.75, 3.05) is 43.1 Å². The Morgan fingerprint density at radius 2 is 2.10 bits per heavy atom. The number of amides is 1. The van der Waals surface area contributed by atoms with E-state index in [4.69, 9.17) is 10.5 Å². The minimum Gasteiger partial charge on any atom is -0.378 e. The molecule has 2 rings (SSSR count). The molecule has 0 aliphatic carbocycles. The van der Waals surface area contributed by atoms with Crippen molar-refractivity contribution in [3.8, 4) is 0 Å². The molecule has 1 heterocycles. The standard InChI is InChI=1S/C15H23N3O2/c1-12(11-16)10-15(19)17-13-4-2-3-5-14(13)18-6-8-20-9-7-18/h2-5,12H,6-11,16H2,1H3,(H,17,19). The molecule has 1 aliphatic heterocycles. The molecule has 1 saturated heterocycles. The Kier molecular flexibility index (Phi) is 5.38. The average Bonchev–Trinajstić information content (AvgIpc) is 2.48. The first kappa shape index (κ1) is 14.8. The number of morpholine rings is 1. The lowest BCUT2D eigenvalue weighted by Crippen LogP contribution is -2.36. The van der Waals surface area contributed by atoms with Crippen LogP contribution in [0, 0.1) is 5.92 Å². The molecular weight excluding hydrogens is 254 g/mol. The minimum absolute atomic E-state index is 0.0173. The molecule has 1 unspecified atom stereocenters. The molecule has 1 aromatic rings. The third-order valence-corrected chi connectivity index (χ3v) is 3.47.